The number of amides is 1. The highest BCUT2D eigenvalue weighted by atomic mass is 16.3. The second-order valence-corrected chi connectivity index (χ2v) is 14.7. The average molecular weight is 600 g/mol. The van der Waals surface area contributed by atoms with E-state index in [9.17, 15) is 9.90 Å². The van der Waals surface area contributed by atoms with Gasteiger partial charge in [0.05, 0.1) is 0 Å². The van der Waals surface area contributed by atoms with Gasteiger partial charge in [-0.25, -0.2) is 0 Å². The highest BCUT2D eigenvalue weighted by molar-refractivity contribution is 5.76. The first-order valence-corrected chi connectivity index (χ1v) is 18.7. The van der Waals surface area contributed by atoms with Crippen molar-refractivity contribution >= 4 is 5.91 Å². The zero-order chi connectivity index (χ0) is 31.9. The van der Waals surface area contributed by atoms with E-state index in [2.05, 4.69) is 40.7 Å². The minimum absolute atomic E-state index is 0.121. The number of phenolic OH excluding ortho intramolecular Hbond substituents is 1. The molecule has 0 bridgehead atoms. The molecule has 0 fully saturated rings. The molecule has 0 saturated heterocycles. The van der Waals surface area contributed by atoms with E-state index >= 15 is 0 Å². The minimum Gasteiger partial charge on any atom is -0.507 e. The number of unbranched alkanes of at least 4 members (excludes halogenated alkanes) is 21. The Kier molecular flexibility index (Phi) is 21.9. The van der Waals surface area contributed by atoms with Crippen LogP contribution in [0.4, 0.5) is 0 Å². The molecule has 0 radical (unpaired) electrons. The SMILES string of the molecule is CCCCCCCCCCCCCCCCCCCCCCCCN(C)C(=O)CCc1cc(C(C)(C)C)c(O)c(C)c1C. The van der Waals surface area contributed by atoms with Crippen LogP contribution < -0.4 is 0 Å². The normalized spacial score (nSPS) is 11.8. The Labute approximate surface area is 269 Å². The molecule has 0 heterocycles. The van der Waals surface area contributed by atoms with Crippen molar-refractivity contribution in [2.24, 2.45) is 0 Å². The molecular weight excluding hydrogens is 526 g/mol. The van der Waals surface area contributed by atoms with Gasteiger partial charge < -0.3 is 10.0 Å². The van der Waals surface area contributed by atoms with Gasteiger partial charge in [-0.15, -0.1) is 0 Å². The molecule has 0 spiro atoms. The molecule has 3 heteroatoms. The molecule has 1 N–H and O–H groups in total. The molecule has 0 unspecified atom stereocenters. The third kappa shape index (κ3) is 18.1. The number of hydrogen-bond donors (Lipinski definition) is 1. The van der Waals surface area contributed by atoms with Crippen LogP contribution in [0, 0.1) is 13.8 Å². The molecular formula is C40H73NO2. The summed E-state index contributed by atoms with van der Waals surface area (Å²) in [6.45, 7) is 13.6. The molecule has 0 aliphatic carbocycles. The molecule has 3 nitrogen and oxygen atoms in total. The van der Waals surface area contributed by atoms with Gasteiger partial charge >= 0.3 is 0 Å². The third-order valence-electron chi connectivity index (χ3n) is 9.66. The Morgan fingerprint density at radius 2 is 1.02 bits per heavy atom. The monoisotopic (exact) mass is 600 g/mol. The van der Waals surface area contributed by atoms with Crippen molar-refractivity contribution in [1.29, 1.82) is 0 Å². The fourth-order valence-electron chi connectivity index (χ4n) is 6.32. The van der Waals surface area contributed by atoms with Crippen LogP contribution in [0.5, 0.6) is 5.75 Å². The van der Waals surface area contributed by atoms with Gasteiger partial charge in [0.15, 0.2) is 0 Å². The Hall–Kier alpha value is -1.51. The first-order valence-electron chi connectivity index (χ1n) is 18.7. The third-order valence-corrected chi connectivity index (χ3v) is 9.66. The Morgan fingerprint density at radius 3 is 1.40 bits per heavy atom. The highest BCUT2D eigenvalue weighted by Gasteiger charge is 2.22. The van der Waals surface area contributed by atoms with Gasteiger partial charge in [-0.3, -0.25) is 4.79 Å². The Bertz CT molecular complexity index is 853. The summed E-state index contributed by atoms with van der Waals surface area (Å²) in [5, 5.41) is 10.6. The van der Waals surface area contributed by atoms with Crippen molar-refractivity contribution < 1.29 is 9.90 Å². The molecule has 1 aromatic rings. The summed E-state index contributed by atoms with van der Waals surface area (Å²) in [5.41, 5.74) is 4.09. The van der Waals surface area contributed by atoms with E-state index in [1.54, 1.807) is 0 Å². The number of phenols is 1. The average Bonchev–Trinajstić information content (AvgIpc) is 2.97. The van der Waals surface area contributed by atoms with Crippen molar-refractivity contribution in [3.63, 3.8) is 0 Å². The molecule has 0 aliphatic rings. The number of aromatic hydroxyl groups is 1. The lowest BCUT2D eigenvalue weighted by Gasteiger charge is -2.24. The predicted molar refractivity (Wildman–Crippen MR) is 189 cm³/mol. The summed E-state index contributed by atoms with van der Waals surface area (Å²) >= 11 is 0. The number of hydrogen-bond acceptors (Lipinski definition) is 2. The van der Waals surface area contributed by atoms with Gasteiger partial charge in [0.2, 0.25) is 5.91 Å². The second-order valence-electron chi connectivity index (χ2n) is 14.7. The quantitative estimate of drug-likeness (QED) is 0.108. The van der Waals surface area contributed by atoms with E-state index in [-0.39, 0.29) is 11.3 Å². The molecule has 0 saturated carbocycles. The Balaban J connectivity index is 1.97. The summed E-state index contributed by atoms with van der Waals surface area (Å²) < 4.78 is 0. The molecule has 0 aromatic heterocycles. The van der Waals surface area contributed by atoms with Crippen molar-refractivity contribution in [2.75, 3.05) is 13.6 Å². The van der Waals surface area contributed by atoms with Crippen LogP contribution >= 0.6 is 0 Å². The molecule has 0 aliphatic heterocycles. The summed E-state index contributed by atoms with van der Waals surface area (Å²) in [5.74, 6) is 0.633. The molecule has 1 amide bonds. The van der Waals surface area contributed by atoms with Crippen LogP contribution in [0.1, 0.15) is 198 Å². The standard InChI is InChI=1S/C40H73NO2/c1-8-9-10-11-12-13-14-15-16-17-18-19-20-21-22-23-24-25-26-27-28-29-32-41(7)38(42)31-30-36-33-37(40(4,5)6)39(43)35(3)34(36)2/h33,43H,8-32H2,1-7H3. The van der Waals surface area contributed by atoms with Crippen LogP contribution in [0.2, 0.25) is 0 Å². The van der Waals surface area contributed by atoms with Crippen LogP contribution in [0.25, 0.3) is 0 Å². The van der Waals surface area contributed by atoms with E-state index in [0.29, 0.717) is 12.2 Å². The minimum atomic E-state index is -0.121. The lowest BCUT2D eigenvalue weighted by molar-refractivity contribution is -0.129. The van der Waals surface area contributed by atoms with Crippen molar-refractivity contribution in [1.82, 2.24) is 4.90 Å². The summed E-state index contributed by atoms with van der Waals surface area (Å²) in [6, 6.07) is 2.12. The number of carbonyl (C=O) groups excluding carboxylic acids is 1. The highest BCUT2D eigenvalue weighted by Crippen LogP contribution is 2.36. The van der Waals surface area contributed by atoms with Gasteiger partial charge in [-0.05, 0) is 54.4 Å². The van der Waals surface area contributed by atoms with E-state index < -0.39 is 0 Å². The van der Waals surface area contributed by atoms with Crippen LogP contribution in [-0.2, 0) is 16.6 Å². The predicted octanol–water partition coefficient (Wildman–Crippen LogP) is 12.3. The smallest absolute Gasteiger partial charge is 0.222 e. The maximum atomic E-state index is 12.8. The van der Waals surface area contributed by atoms with Crippen molar-refractivity contribution in [3.05, 3.63) is 28.3 Å². The van der Waals surface area contributed by atoms with Crippen molar-refractivity contribution in [3.8, 4) is 5.75 Å². The topological polar surface area (TPSA) is 40.5 Å². The maximum absolute atomic E-state index is 12.8. The van der Waals surface area contributed by atoms with E-state index in [0.717, 1.165) is 36.1 Å². The fourth-order valence-corrected chi connectivity index (χ4v) is 6.32. The summed E-state index contributed by atoms with van der Waals surface area (Å²) in [7, 11) is 1.95. The van der Waals surface area contributed by atoms with Crippen LogP contribution in [-0.4, -0.2) is 29.5 Å². The summed E-state index contributed by atoms with van der Waals surface area (Å²) in [4.78, 5) is 14.7. The van der Waals surface area contributed by atoms with Crippen LogP contribution in [0.3, 0.4) is 0 Å². The number of carbonyl (C=O) groups is 1. The van der Waals surface area contributed by atoms with Gasteiger partial charge in [-0.2, -0.15) is 0 Å². The number of aryl methyl sites for hydroxylation is 1. The summed E-state index contributed by atoms with van der Waals surface area (Å²) in [6.07, 6.45) is 32.0. The molecule has 1 aromatic carbocycles. The van der Waals surface area contributed by atoms with E-state index in [1.165, 1.54) is 140 Å². The van der Waals surface area contributed by atoms with Crippen LogP contribution in [0.15, 0.2) is 6.07 Å². The molecule has 1 rings (SSSR count). The largest absolute Gasteiger partial charge is 0.507 e. The number of rotatable bonds is 26. The number of nitrogens with zero attached hydrogens (tertiary/aromatic N) is 1. The lowest BCUT2D eigenvalue weighted by atomic mass is 9.82. The zero-order valence-corrected chi connectivity index (χ0v) is 30.1. The van der Waals surface area contributed by atoms with Gasteiger partial charge in [0.25, 0.3) is 0 Å². The van der Waals surface area contributed by atoms with Gasteiger partial charge in [0.1, 0.15) is 5.75 Å². The zero-order valence-electron chi connectivity index (χ0n) is 30.1. The lowest BCUT2D eigenvalue weighted by Crippen LogP contribution is -2.28. The molecule has 43 heavy (non-hydrogen) atoms. The molecule has 0 atom stereocenters. The van der Waals surface area contributed by atoms with Gasteiger partial charge in [0, 0.05) is 20.0 Å². The van der Waals surface area contributed by atoms with E-state index in [1.807, 2.05) is 18.9 Å². The Morgan fingerprint density at radius 1 is 0.651 bits per heavy atom. The molecule has 250 valence electrons. The first kappa shape index (κ1) is 39.5. The van der Waals surface area contributed by atoms with Gasteiger partial charge in [-0.1, -0.05) is 169 Å². The van der Waals surface area contributed by atoms with Crippen molar-refractivity contribution in [2.45, 2.75) is 201 Å². The first-order chi connectivity index (χ1) is 20.6. The number of benzene rings is 1. The maximum Gasteiger partial charge on any atom is 0.222 e. The second kappa shape index (κ2) is 23.8. The van der Waals surface area contributed by atoms with E-state index in [4.69, 9.17) is 0 Å². The fraction of sp³-hybridized carbons (Fsp3) is 0.825.